The third kappa shape index (κ3) is 19.6. The number of hydrogen-bond donors (Lipinski definition) is 0. The molecule has 0 nitrogen and oxygen atoms in total. The van der Waals surface area contributed by atoms with Gasteiger partial charge >= 0.3 is 0 Å². The predicted molar refractivity (Wildman–Crippen MR) is 131 cm³/mol. The van der Waals surface area contributed by atoms with E-state index in [0.717, 1.165) is 51.0 Å². The molecule has 0 heterocycles. The van der Waals surface area contributed by atoms with Crippen molar-refractivity contribution >= 4 is 0 Å². The standard InChI is InChI=1S/C28H44F2/c1-23(2)13-9-16-26(5)19-10-17-24(3)14-7-8-15-25(4)18-11-20-27(6)21-12-22-28(29)30/h13-15,19-20,22H,7-12,16-18,21H2,1-6H3. The first kappa shape index (κ1) is 28.3. The lowest BCUT2D eigenvalue weighted by Crippen LogP contribution is -1.82. The molecule has 0 bridgehead atoms. The molecule has 0 unspecified atom stereocenters. The van der Waals surface area contributed by atoms with E-state index in [1.807, 2.05) is 6.92 Å². The lowest BCUT2D eigenvalue weighted by molar-refractivity contribution is 0.417. The summed E-state index contributed by atoms with van der Waals surface area (Å²) >= 11 is 0. The van der Waals surface area contributed by atoms with E-state index in [9.17, 15) is 8.78 Å². The van der Waals surface area contributed by atoms with Crippen molar-refractivity contribution in [3.63, 3.8) is 0 Å². The second kappa shape index (κ2) is 18.1. The van der Waals surface area contributed by atoms with Crippen LogP contribution in [-0.2, 0) is 0 Å². The highest BCUT2D eigenvalue weighted by molar-refractivity contribution is 5.07. The first-order valence-corrected chi connectivity index (χ1v) is 11.5. The maximum Gasteiger partial charge on any atom is 0.266 e. The average molecular weight is 419 g/mol. The molecule has 0 rings (SSSR count). The monoisotopic (exact) mass is 418 g/mol. The van der Waals surface area contributed by atoms with Crippen LogP contribution in [0.3, 0.4) is 0 Å². The smallest absolute Gasteiger partial charge is 0.174 e. The van der Waals surface area contributed by atoms with Crippen LogP contribution in [0, 0.1) is 0 Å². The van der Waals surface area contributed by atoms with Gasteiger partial charge in [0.25, 0.3) is 6.08 Å². The van der Waals surface area contributed by atoms with Gasteiger partial charge in [0.1, 0.15) is 0 Å². The summed E-state index contributed by atoms with van der Waals surface area (Å²) < 4.78 is 24.0. The highest BCUT2D eigenvalue weighted by atomic mass is 19.3. The Morgan fingerprint density at radius 1 is 0.433 bits per heavy atom. The molecule has 30 heavy (non-hydrogen) atoms. The van der Waals surface area contributed by atoms with Gasteiger partial charge in [-0.1, -0.05) is 58.2 Å². The van der Waals surface area contributed by atoms with Crippen molar-refractivity contribution in [1.82, 2.24) is 0 Å². The first-order chi connectivity index (χ1) is 14.2. The molecular formula is C28H44F2. The van der Waals surface area contributed by atoms with Gasteiger partial charge in [0, 0.05) is 0 Å². The van der Waals surface area contributed by atoms with Crippen LogP contribution in [-0.4, -0.2) is 0 Å². The maximum absolute atomic E-state index is 12.0. The quantitative estimate of drug-likeness (QED) is 0.183. The van der Waals surface area contributed by atoms with Gasteiger partial charge in [0.05, 0.1) is 0 Å². The summed E-state index contributed by atoms with van der Waals surface area (Å²) in [6.45, 7) is 13.0. The van der Waals surface area contributed by atoms with Crippen molar-refractivity contribution in [2.24, 2.45) is 0 Å². The highest BCUT2D eigenvalue weighted by Crippen LogP contribution is 2.14. The number of hydrogen-bond acceptors (Lipinski definition) is 0. The van der Waals surface area contributed by atoms with Crippen LogP contribution in [0.5, 0.6) is 0 Å². The van der Waals surface area contributed by atoms with E-state index < -0.39 is 6.08 Å². The summed E-state index contributed by atoms with van der Waals surface area (Å²) in [5.41, 5.74) is 6.98. The molecule has 0 atom stereocenters. The average Bonchev–Trinajstić information content (AvgIpc) is 2.64. The summed E-state index contributed by atoms with van der Waals surface area (Å²) in [6.07, 6.45) is 21.0. The summed E-state index contributed by atoms with van der Waals surface area (Å²) in [7, 11) is 0. The van der Waals surface area contributed by atoms with Gasteiger partial charge in [-0.25, -0.2) is 0 Å². The Kier molecular flexibility index (Phi) is 17.1. The molecular weight excluding hydrogens is 374 g/mol. The molecule has 0 aromatic heterocycles. The number of rotatable bonds is 15. The molecule has 0 aliphatic carbocycles. The Hall–Kier alpha value is -1.70. The van der Waals surface area contributed by atoms with E-state index in [1.165, 1.54) is 34.3 Å². The van der Waals surface area contributed by atoms with Crippen molar-refractivity contribution in [2.75, 3.05) is 0 Å². The Balaban J connectivity index is 4.05. The van der Waals surface area contributed by atoms with E-state index in [0.29, 0.717) is 12.8 Å². The van der Waals surface area contributed by atoms with Gasteiger partial charge in [0.2, 0.25) is 0 Å². The fourth-order valence-electron chi connectivity index (χ4n) is 3.16. The zero-order valence-electron chi connectivity index (χ0n) is 20.3. The summed E-state index contributed by atoms with van der Waals surface area (Å²) in [5.74, 6) is 0. The maximum atomic E-state index is 12.0. The van der Waals surface area contributed by atoms with Crippen molar-refractivity contribution in [1.29, 1.82) is 0 Å². The van der Waals surface area contributed by atoms with E-state index >= 15 is 0 Å². The van der Waals surface area contributed by atoms with E-state index in [4.69, 9.17) is 0 Å². The fourth-order valence-corrected chi connectivity index (χ4v) is 3.16. The molecule has 0 radical (unpaired) electrons. The molecule has 0 aromatic carbocycles. The SMILES string of the molecule is CC(C)=CCCC(C)=CCCC(C)=CCCC=C(C)CCC=C(C)CCC=C(F)F. The van der Waals surface area contributed by atoms with Gasteiger partial charge in [-0.2, -0.15) is 8.78 Å². The normalized spacial score (nSPS) is 13.5. The van der Waals surface area contributed by atoms with Crippen molar-refractivity contribution in [2.45, 2.75) is 106 Å². The van der Waals surface area contributed by atoms with Crippen LogP contribution in [0.1, 0.15) is 106 Å². The molecule has 0 amide bonds. The number of unbranched alkanes of at least 4 members (excludes halogenated alkanes) is 1. The van der Waals surface area contributed by atoms with Gasteiger partial charge in [0.15, 0.2) is 0 Å². The molecule has 0 aliphatic rings. The lowest BCUT2D eigenvalue weighted by atomic mass is 10.0. The molecule has 0 saturated carbocycles. The molecule has 170 valence electrons. The Morgan fingerprint density at radius 3 is 1.07 bits per heavy atom. The van der Waals surface area contributed by atoms with Crippen LogP contribution >= 0.6 is 0 Å². The molecule has 0 spiro atoms. The Labute approximate surface area is 185 Å². The Morgan fingerprint density at radius 2 is 0.733 bits per heavy atom. The van der Waals surface area contributed by atoms with Gasteiger partial charge in [-0.15, -0.1) is 0 Å². The first-order valence-electron chi connectivity index (χ1n) is 11.5. The van der Waals surface area contributed by atoms with Gasteiger partial charge in [-0.05, 0) is 112 Å². The molecule has 0 aromatic rings. The minimum atomic E-state index is -1.58. The highest BCUT2D eigenvalue weighted by Gasteiger charge is 1.95. The van der Waals surface area contributed by atoms with Crippen molar-refractivity contribution in [3.8, 4) is 0 Å². The molecule has 0 fully saturated rings. The van der Waals surface area contributed by atoms with Gasteiger partial charge < -0.3 is 0 Å². The van der Waals surface area contributed by atoms with E-state index in [2.05, 4.69) is 65.0 Å². The van der Waals surface area contributed by atoms with Crippen molar-refractivity contribution < 1.29 is 8.78 Å². The van der Waals surface area contributed by atoms with E-state index in [-0.39, 0.29) is 0 Å². The van der Waals surface area contributed by atoms with Crippen LogP contribution < -0.4 is 0 Å². The minimum Gasteiger partial charge on any atom is -0.174 e. The summed E-state index contributed by atoms with van der Waals surface area (Å²) in [4.78, 5) is 0. The zero-order valence-corrected chi connectivity index (χ0v) is 20.3. The number of allylic oxidation sites excluding steroid dienone is 11. The predicted octanol–water partition coefficient (Wildman–Crippen LogP) is 10.4. The topological polar surface area (TPSA) is 0 Å². The second-order valence-electron chi connectivity index (χ2n) is 8.71. The molecule has 0 saturated heterocycles. The van der Waals surface area contributed by atoms with Crippen molar-refractivity contribution in [3.05, 3.63) is 70.4 Å². The lowest BCUT2D eigenvalue weighted by Gasteiger charge is -2.02. The largest absolute Gasteiger partial charge is 0.266 e. The molecule has 0 N–H and O–H groups in total. The van der Waals surface area contributed by atoms with Crippen LogP contribution in [0.2, 0.25) is 0 Å². The van der Waals surface area contributed by atoms with Crippen LogP contribution in [0.15, 0.2) is 70.4 Å². The van der Waals surface area contributed by atoms with Crippen LogP contribution in [0.4, 0.5) is 8.78 Å². The second-order valence-corrected chi connectivity index (χ2v) is 8.71. The van der Waals surface area contributed by atoms with Crippen LogP contribution in [0.25, 0.3) is 0 Å². The third-order valence-electron chi connectivity index (χ3n) is 5.14. The number of halogens is 2. The summed E-state index contributed by atoms with van der Waals surface area (Å²) in [5, 5.41) is 0. The Bertz CT molecular complexity index is 588. The third-order valence-corrected chi connectivity index (χ3v) is 5.14. The van der Waals surface area contributed by atoms with E-state index in [1.54, 1.807) is 0 Å². The van der Waals surface area contributed by atoms with Gasteiger partial charge in [-0.3, -0.25) is 0 Å². The minimum absolute atomic E-state index is 0.427. The zero-order chi connectivity index (χ0) is 22.8. The molecule has 0 aliphatic heterocycles. The fraction of sp³-hybridized carbons (Fsp3) is 0.571. The summed E-state index contributed by atoms with van der Waals surface area (Å²) in [6, 6.07) is 0. The molecule has 2 heteroatoms.